The molecule has 2 N–H and O–H groups in total. The van der Waals surface area contributed by atoms with Crippen LogP contribution >= 0.6 is 15.9 Å². The van der Waals surface area contributed by atoms with Crippen molar-refractivity contribution in [3.8, 4) is 34.6 Å². The molecule has 7 heteroatoms. The van der Waals surface area contributed by atoms with Gasteiger partial charge in [0, 0.05) is 10.9 Å². The third kappa shape index (κ3) is 4.32. The summed E-state index contributed by atoms with van der Waals surface area (Å²) in [5.74, 6) is 2.51. The third-order valence-electron chi connectivity index (χ3n) is 5.09. The van der Waals surface area contributed by atoms with Gasteiger partial charge in [0.15, 0.2) is 0 Å². The van der Waals surface area contributed by atoms with Gasteiger partial charge in [-0.2, -0.15) is 10.4 Å². The van der Waals surface area contributed by atoms with Crippen LogP contribution in [0.2, 0.25) is 0 Å². The number of methoxy groups -OCH3 is 1. The maximum absolute atomic E-state index is 9.79. The lowest BCUT2D eigenvalue weighted by molar-refractivity contribution is 0.413. The largest absolute Gasteiger partial charge is 0.497 e. The number of anilines is 1. The van der Waals surface area contributed by atoms with Crippen LogP contribution in [-0.2, 0) is 0 Å². The molecule has 0 saturated heterocycles. The number of hydrogen-bond donors (Lipinski definition) is 1. The molecule has 0 amide bonds. The molecule has 0 aliphatic heterocycles. The maximum Gasteiger partial charge on any atom is 0.141 e. The molecule has 1 aromatic heterocycles. The summed E-state index contributed by atoms with van der Waals surface area (Å²) in [6, 6.07) is 26.7. The lowest BCUT2D eigenvalue weighted by Crippen LogP contribution is -2.16. The molecule has 0 radical (unpaired) electrons. The van der Waals surface area contributed by atoms with E-state index in [9.17, 15) is 5.26 Å². The highest BCUT2D eigenvalue weighted by Gasteiger charge is 2.23. The van der Waals surface area contributed by atoms with Gasteiger partial charge in [0.05, 0.1) is 13.2 Å². The average Bonchev–Trinajstić information content (AvgIpc) is 3.17. The predicted molar refractivity (Wildman–Crippen MR) is 128 cm³/mol. The molecule has 0 fully saturated rings. The van der Waals surface area contributed by atoms with Gasteiger partial charge in [-0.15, -0.1) is 0 Å². The van der Waals surface area contributed by atoms with Crippen molar-refractivity contribution >= 4 is 21.7 Å². The molecule has 0 spiro atoms. The second-order valence-electron chi connectivity index (χ2n) is 7.05. The first-order chi connectivity index (χ1) is 15.6. The van der Waals surface area contributed by atoms with Crippen molar-refractivity contribution in [2.45, 2.75) is 6.04 Å². The van der Waals surface area contributed by atoms with Crippen LogP contribution in [0.5, 0.6) is 17.2 Å². The van der Waals surface area contributed by atoms with Gasteiger partial charge in [-0.1, -0.05) is 46.3 Å². The number of para-hydroxylation sites is 1. The Kier molecular flexibility index (Phi) is 6.43. The highest BCUT2D eigenvalue weighted by atomic mass is 79.9. The molecule has 1 heterocycles. The van der Waals surface area contributed by atoms with Crippen molar-refractivity contribution in [2.24, 2.45) is 0 Å². The smallest absolute Gasteiger partial charge is 0.141 e. The Morgan fingerprint density at radius 2 is 1.69 bits per heavy atom. The van der Waals surface area contributed by atoms with E-state index < -0.39 is 0 Å². The van der Waals surface area contributed by atoms with Gasteiger partial charge >= 0.3 is 0 Å². The Morgan fingerprint density at radius 3 is 2.34 bits per heavy atom. The molecular formula is C25H21BrN4O2. The van der Waals surface area contributed by atoms with Crippen LogP contribution in [0.1, 0.15) is 17.2 Å². The molecule has 0 aliphatic carbocycles. The van der Waals surface area contributed by atoms with Gasteiger partial charge in [0.1, 0.15) is 40.4 Å². The Balaban J connectivity index is 1.68. The van der Waals surface area contributed by atoms with Crippen LogP contribution in [0.4, 0.5) is 5.82 Å². The van der Waals surface area contributed by atoms with Crippen molar-refractivity contribution in [1.82, 2.24) is 9.78 Å². The molecule has 32 heavy (non-hydrogen) atoms. The fourth-order valence-electron chi connectivity index (χ4n) is 3.45. The van der Waals surface area contributed by atoms with Gasteiger partial charge in [0.25, 0.3) is 0 Å². The van der Waals surface area contributed by atoms with Crippen LogP contribution < -0.4 is 15.2 Å². The number of ether oxygens (including phenoxy) is 2. The van der Waals surface area contributed by atoms with E-state index in [1.165, 1.54) is 0 Å². The number of rotatable bonds is 7. The summed E-state index contributed by atoms with van der Waals surface area (Å²) in [4.78, 5) is 0. The molecule has 6 nitrogen and oxygen atoms in total. The number of halogens is 1. The fraction of sp³-hybridized carbons (Fsp3) is 0.120. The summed E-state index contributed by atoms with van der Waals surface area (Å²) in [5.41, 5.74) is 9.00. The predicted octanol–water partition coefficient (Wildman–Crippen LogP) is 5.79. The summed E-state index contributed by atoms with van der Waals surface area (Å²) in [6.07, 6.45) is 0. The molecule has 160 valence electrons. The van der Waals surface area contributed by atoms with Crippen LogP contribution in [0.3, 0.4) is 0 Å². The molecule has 3 aromatic carbocycles. The van der Waals surface area contributed by atoms with E-state index in [-0.39, 0.29) is 6.04 Å². The van der Waals surface area contributed by atoms with Crippen LogP contribution in [0.25, 0.3) is 11.3 Å². The van der Waals surface area contributed by atoms with Crippen LogP contribution in [0.15, 0.2) is 78.9 Å². The van der Waals surface area contributed by atoms with E-state index in [0.29, 0.717) is 28.2 Å². The van der Waals surface area contributed by atoms with E-state index in [4.69, 9.17) is 20.3 Å². The summed E-state index contributed by atoms with van der Waals surface area (Å²) >= 11 is 3.57. The Bertz CT molecular complexity index is 1250. The first kappa shape index (κ1) is 21.5. The number of benzene rings is 3. The second-order valence-corrected chi connectivity index (χ2v) is 7.70. The highest BCUT2D eigenvalue weighted by molar-refractivity contribution is 9.09. The van der Waals surface area contributed by atoms with E-state index >= 15 is 0 Å². The van der Waals surface area contributed by atoms with E-state index in [1.807, 2.05) is 78.9 Å². The van der Waals surface area contributed by atoms with Crippen molar-refractivity contribution < 1.29 is 9.47 Å². The normalized spacial score (nSPS) is 11.5. The number of alkyl halides is 1. The quantitative estimate of drug-likeness (QED) is 0.332. The lowest BCUT2D eigenvalue weighted by atomic mass is 10.1. The van der Waals surface area contributed by atoms with Gasteiger partial charge < -0.3 is 15.2 Å². The number of nitrogen functional groups attached to an aromatic ring is 1. The standard InChI is InChI=1S/C25H21BrN4O2/c1-31-21-9-5-6-18(14-21)23(15-26)30-25(28)22(16-27)24(29-30)17-10-12-20(13-11-17)32-19-7-3-2-4-8-19/h2-14,23H,15,28H2,1H3. The van der Waals surface area contributed by atoms with Gasteiger partial charge in [-0.25, -0.2) is 4.68 Å². The molecule has 1 atom stereocenters. The van der Waals surface area contributed by atoms with Crippen molar-refractivity contribution in [3.63, 3.8) is 0 Å². The minimum Gasteiger partial charge on any atom is -0.497 e. The second kappa shape index (κ2) is 9.58. The monoisotopic (exact) mass is 488 g/mol. The van der Waals surface area contributed by atoms with Crippen molar-refractivity contribution in [2.75, 3.05) is 18.2 Å². The Hall–Kier alpha value is -3.76. The minimum absolute atomic E-state index is 0.202. The molecule has 4 rings (SSSR count). The molecule has 0 saturated carbocycles. The third-order valence-corrected chi connectivity index (χ3v) is 5.70. The number of nitriles is 1. The summed E-state index contributed by atoms with van der Waals surface area (Å²) in [6.45, 7) is 0. The number of aromatic nitrogens is 2. The Morgan fingerprint density at radius 1 is 1.00 bits per heavy atom. The van der Waals surface area contributed by atoms with Gasteiger partial charge in [-0.05, 0) is 54.1 Å². The molecule has 0 bridgehead atoms. The lowest BCUT2D eigenvalue weighted by Gasteiger charge is -2.17. The number of hydrogen-bond acceptors (Lipinski definition) is 5. The van der Waals surface area contributed by atoms with Gasteiger partial charge in [0.2, 0.25) is 0 Å². The SMILES string of the molecule is COc1cccc(C(CBr)n2nc(-c3ccc(Oc4ccccc4)cc3)c(C#N)c2N)c1. The van der Waals surface area contributed by atoms with Crippen LogP contribution in [0, 0.1) is 11.3 Å². The topological polar surface area (TPSA) is 86.1 Å². The zero-order valence-electron chi connectivity index (χ0n) is 17.4. The first-order valence-corrected chi connectivity index (χ1v) is 11.1. The first-order valence-electron chi connectivity index (χ1n) is 9.96. The minimum atomic E-state index is -0.202. The Labute approximate surface area is 194 Å². The molecular weight excluding hydrogens is 468 g/mol. The van der Waals surface area contributed by atoms with Crippen molar-refractivity contribution in [3.05, 3.63) is 90.0 Å². The zero-order valence-corrected chi connectivity index (χ0v) is 19.0. The molecule has 1 unspecified atom stereocenters. The van der Waals surface area contributed by atoms with E-state index in [1.54, 1.807) is 11.8 Å². The summed E-state index contributed by atoms with van der Waals surface area (Å²) < 4.78 is 12.9. The molecule has 0 aliphatic rings. The maximum atomic E-state index is 9.79. The number of nitrogens with zero attached hydrogens (tertiary/aromatic N) is 3. The van der Waals surface area contributed by atoms with Crippen molar-refractivity contribution in [1.29, 1.82) is 5.26 Å². The fourth-order valence-corrected chi connectivity index (χ4v) is 4.10. The van der Waals surface area contributed by atoms with Crippen LogP contribution in [-0.4, -0.2) is 22.2 Å². The number of nitrogens with two attached hydrogens (primary N) is 1. The summed E-state index contributed by atoms with van der Waals surface area (Å²) in [5, 5.41) is 15.1. The molecule has 4 aromatic rings. The van der Waals surface area contributed by atoms with E-state index in [2.05, 4.69) is 22.0 Å². The van der Waals surface area contributed by atoms with E-state index in [0.717, 1.165) is 22.6 Å². The highest BCUT2D eigenvalue weighted by Crippen LogP contribution is 2.33. The van der Waals surface area contributed by atoms with Gasteiger partial charge in [-0.3, -0.25) is 0 Å². The average molecular weight is 489 g/mol. The summed E-state index contributed by atoms with van der Waals surface area (Å²) in [7, 11) is 1.63. The zero-order chi connectivity index (χ0) is 22.5.